The Hall–Kier alpha value is -2.40. The van der Waals surface area contributed by atoms with E-state index < -0.39 is 0 Å². The number of methoxy groups -OCH3 is 1. The zero-order chi connectivity index (χ0) is 19.7. The Morgan fingerprint density at radius 2 is 2.07 bits per heavy atom. The quantitative estimate of drug-likeness (QED) is 0.879. The Bertz CT molecular complexity index is 885. The van der Waals surface area contributed by atoms with Crippen molar-refractivity contribution in [1.82, 2.24) is 10.2 Å². The maximum atomic E-state index is 14.0. The Kier molecular flexibility index (Phi) is 5.11. The maximum Gasteiger partial charge on any atom is 0.252 e. The first-order valence-electron chi connectivity index (χ1n) is 9.96. The summed E-state index contributed by atoms with van der Waals surface area (Å²) >= 11 is 0. The van der Waals surface area contributed by atoms with Crippen molar-refractivity contribution < 1.29 is 13.9 Å². The average molecular weight is 382 g/mol. The molecule has 28 heavy (non-hydrogen) atoms. The molecule has 0 aromatic heterocycles. The summed E-state index contributed by atoms with van der Waals surface area (Å²) < 4.78 is 19.3. The fraction of sp³-hybridized carbons (Fsp3) is 0.435. The lowest BCUT2D eigenvalue weighted by Crippen LogP contribution is -2.50. The van der Waals surface area contributed by atoms with Gasteiger partial charge in [0.15, 0.2) is 0 Å². The minimum absolute atomic E-state index is 0.0185. The fourth-order valence-corrected chi connectivity index (χ4v) is 4.55. The van der Waals surface area contributed by atoms with E-state index in [0.29, 0.717) is 17.7 Å². The number of halogens is 1. The van der Waals surface area contributed by atoms with Gasteiger partial charge in [0, 0.05) is 24.7 Å². The monoisotopic (exact) mass is 382 g/mol. The number of carbonyl (C=O) groups excluding carboxylic acids is 1. The van der Waals surface area contributed by atoms with Crippen molar-refractivity contribution in [2.24, 2.45) is 0 Å². The summed E-state index contributed by atoms with van der Waals surface area (Å²) in [4.78, 5) is 15.3. The summed E-state index contributed by atoms with van der Waals surface area (Å²) in [6, 6.07) is 13.0. The van der Waals surface area contributed by atoms with Crippen LogP contribution in [0.1, 0.15) is 41.3 Å². The number of carbonyl (C=O) groups is 1. The zero-order valence-electron chi connectivity index (χ0n) is 16.5. The first kappa shape index (κ1) is 18.9. The van der Waals surface area contributed by atoms with Gasteiger partial charge in [0.25, 0.3) is 5.91 Å². The van der Waals surface area contributed by atoms with Gasteiger partial charge in [-0.2, -0.15) is 0 Å². The predicted molar refractivity (Wildman–Crippen MR) is 107 cm³/mol. The molecule has 2 atom stereocenters. The minimum atomic E-state index is -0.215. The third-order valence-electron chi connectivity index (χ3n) is 6.29. The number of nitrogens with zero attached hydrogens (tertiary/aromatic N) is 1. The van der Waals surface area contributed by atoms with Crippen LogP contribution < -0.4 is 10.1 Å². The summed E-state index contributed by atoms with van der Waals surface area (Å²) in [7, 11) is 1.61. The number of nitrogens with one attached hydrogen (secondary N) is 1. The molecule has 5 heteroatoms. The van der Waals surface area contributed by atoms with E-state index in [-0.39, 0.29) is 23.3 Å². The third kappa shape index (κ3) is 3.63. The van der Waals surface area contributed by atoms with Crippen LogP contribution in [0.2, 0.25) is 0 Å². The molecule has 148 valence electrons. The average Bonchev–Trinajstić information content (AvgIpc) is 3.06. The Labute approximate surface area is 165 Å². The molecule has 0 radical (unpaired) electrons. The van der Waals surface area contributed by atoms with E-state index in [9.17, 15) is 9.18 Å². The van der Waals surface area contributed by atoms with Crippen LogP contribution in [-0.2, 0) is 12.8 Å². The number of fused-ring (bicyclic) bond motifs is 1. The lowest BCUT2D eigenvalue weighted by atomic mass is 9.91. The van der Waals surface area contributed by atoms with Crippen LogP contribution in [0.15, 0.2) is 42.5 Å². The number of likely N-dealkylation sites (tertiary alicyclic amines) is 1. The Morgan fingerprint density at radius 1 is 1.25 bits per heavy atom. The van der Waals surface area contributed by atoms with Gasteiger partial charge in [0.2, 0.25) is 0 Å². The molecule has 4 rings (SSSR count). The summed E-state index contributed by atoms with van der Waals surface area (Å²) in [6.45, 7) is 3.86. The topological polar surface area (TPSA) is 41.6 Å². The highest BCUT2D eigenvalue weighted by Crippen LogP contribution is 2.33. The van der Waals surface area contributed by atoms with Crippen molar-refractivity contribution in [1.29, 1.82) is 0 Å². The zero-order valence-corrected chi connectivity index (χ0v) is 16.5. The second-order valence-electron chi connectivity index (χ2n) is 8.12. The number of hydrogen-bond donors (Lipinski definition) is 1. The van der Waals surface area contributed by atoms with Crippen LogP contribution in [-0.4, -0.2) is 42.6 Å². The number of rotatable bonds is 4. The molecule has 1 amide bonds. The normalized spacial score (nSPS) is 23.2. The van der Waals surface area contributed by atoms with E-state index in [1.807, 2.05) is 30.3 Å². The van der Waals surface area contributed by atoms with Gasteiger partial charge in [-0.25, -0.2) is 4.39 Å². The van der Waals surface area contributed by atoms with Crippen molar-refractivity contribution >= 4 is 5.91 Å². The fourth-order valence-electron chi connectivity index (χ4n) is 4.55. The predicted octanol–water partition coefficient (Wildman–Crippen LogP) is 3.59. The smallest absolute Gasteiger partial charge is 0.252 e. The second-order valence-corrected chi connectivity index (χ2v) is 8.12. The van der Waals surface area contributed by atoms with Crippen molar-refractivity contribution in [3.8, 4) is 5.75 Å². The van der Waals surface area contributed by atoms with E-state index in [2.05, 4.69) is 17.1 Å². The van der Waals surface area contributed by atoms with Gasteiger partial charge in [-0.3, -0.25) is 9.69 Å². The SMILES string of the molecule is COc1ccc2c(c1)C(=O)N[C@]1(CC2)CCN([C@@H](C)Cc2ccccc2F)C1. The Balaban J connectivity index is 1.47. The third-order valence-corrected chi connectivity index (χ3v) is 6.29. The number of ether oxygens (including phenoxy) is 1. The van der Waals surface area contributed by atoms with Gasteiger partial charge >= 0.3 is 0 Å². The molecule has 2 aromatic rings. The summed E-state index contributed by atoms with van der Waals surface area (Å²) in [5, 5.41) is 3.31. The molecule has 1 spiro atoms. The molecule has 4 nitrogen and oxygen atoms in total. The summed E-state index contributed by atoms with van der Waals surface area (Å²) in [5.74, 6) is 0.543. The highest BCUT2D eigenvalue weighted by atomic mass is 19.1. The van der Waals surface area contributed by atoms with E-state index >= 15 is 0 Å². The Morgan fingerprint density at radius 3 is 2.86 bits per heavy atom. The molecule has 2 aliphatic rings. The highest BCUT2D eigenvalue weighted by Gasteiger charge is 2.42. The standard InChI is InChI=1S/C23H27FN2O2/c1-16(13-18-5-3-4-6-21(18)24)26-12-11-23(15-26)10-9-17-7-8-19(28-2)14-20(17)22(27)25-23/h3-8,14,16H,9-13,15H2,1-2H3,(H,25,27)/t16-,23+/m0/s1. The van der Waals surface area contributed by atoms with Crippen molar-refractivity contribution in [3.63, 3.8) is 0 Å². The number of aryl methyl sites for hydroxylation is 1. The minimum Gasteiger partial charge on any atom is -0.497 e. The van der Waals surface area contributed by atoms with Crippen LogP contribution in [0.3, 0.4) is 0 Å². The van der Waals surface area contributed by atoms with E-state index in [0.717, 1.165) is 43.5 Å². The molecule has 2 heterocycles. The maximum absolute atomic E-state index is 14.0. The number of hydrogen-bond acceptors (Lipinski definition) is 3. The van der Waals surface area contributed by atoms with Crippen LogP contribution in [0, 0.1) is 5.82 Å². The van der Waals surface area contributed by atoms with Crippen LogP contribution >= 0.6 is 0 Å². The molecule has 0 unspecified atom stereocenters. The van der Waals surface area contributed by atoms with E-state index in [4.69, 9.17) is 4.74 Å². The van der Waals surface area contributed by atoms with Crippen LogP contribution in [0.4, 0.5) is 4.39 Å². The summed E-state index contributed by atoms with van der Waals surface area (Å²) in [5.41, 5.74) is 2.33. The molecule has 0 aliphatic carbocycles. The molecule has 1 fully saturated rings. The van der Waals surface area contributed by atoms with Crippen LogP contribution in [0.25, 0.3) is 0 Å². The van der Waals surface area contributed by atoms with Gasteiger partial charge in [-0.15, -0.1) is 0 Å². The van der Waals surface area contributed by atoms with Crippen molar-refractivity contribution in [2.75, 3.05) is 20.2 Å². The molecule has 2 aliphatic heterocycles. The molecule has 1 saturated heterocycles. The first-order valence-corrected chi connectivity index (χ1v) is 9.96. The van der Waals surface area contributed by atoms with Crippen molar-refractivity contribution in [3.05, 3.63) is 65.0 Å². The molecule has 0 saturated carbocycles. The van der Waals surface area contributed by atoms with Gasteiger partial charge in [0.05, 0.1) is 12.6 Å². The highest BCUT2D eigenvalue weighted by molar-refractivity contribution is 5.97. The lowest BCUT2D eigenvalue weighted by Gasteiger charge is -2.31. The molecular weight excluding hydrogens is 355 g/mol. The van der Waals surface area contributed by atoms with Gasteiger partial charge in [-0.05, 0) is 61.9 Å². The van der Waals surface area contributed by atoms with Gasteiger partial charge in [0.1, 0.15) is 11.6 Å². The largest absolute Gasteiger partial charge is 0.497 e. The number of amides is 1. The second kappa shape index (κ2) is 7.55. The first-order chi connectivity index (χ1) is 13.5. The molecule has 2 aromatic carbocycles. The summed E-state index contributed by atoms with van der Waals surface area (Å²) in [6.07, 6.45) is 3.38. The molecular formula is C23H27FN2O2. The molecule has 1 N–H and O–H groups in total. The van der Waals surface area contributed by atoms with E-state index in [1.54, 1.807) is 13.2 Å². The molecule has 0 bridgehead atoms. The van der Waals surface area contributed by atoms with Crippen molar-refractivity contribution in [2.45, 2.75) is 44.2 Å². The lowest BCUT2D eigenvalue weighted by molar-refractivity contribution is 0.0898. The number of benzene rings is 2. The van der Waals surface area contributed by atoms with Gasteiger partial charge < -0.3 is 10.1 Å². The van der Waals surface area contributed by atoms with Crippen LogP contribution in [0.5, 0.6) is 5.75 Å². The van der Waals surface area contributed by atoms with Gasteiger partial charge in [-0.1, -0.05) is 24.3 Å². The van der Waals surface area contributed by atoms with E-state index in [1.165, 1.54) is 6.07 Å².